The summed E-state index contributed by atoms with van der Waals surface area (Å²) in [6.45, 7) is 3.53. The average Bonchev–Trinajstić information content (AvgIpc) is 2.60. The third-order valence-electron chi connectivity index (χ3n) is 4.53. The van der Waals surface area contributed by atoms with Crippen molar-refractivity contribution in [1.82, 2.24) is 10.2 Å². The van der Waals surface area contributed by atoms with E-state index in [0.717, 1.165) is 37.3 Å². The first-order chi connectivity index (χ1) is 11.7. The van der Waals surface area contributed by atoms with E-state index in [9.17, 15) is 8.78 Å². The van der Waals surface area contributed by atoms with E-state index >= 15 is 0 Å². The molecular formula is C20H24F2N2. The summed E-state index contributed by atoms with van der Waals surface area (Å²) in [5.41, 5.74) is 2.18. The number of hydrogen-bond acceptors (Lipinski definition) is 2. The molecule has 24 heavy (non-hydrogen) atoms. The number of hydrogen-bond donors (Lipinski definition) is 1. The fraction of sp³-hybridized carbons (Fsp3) is 0.400. The van der Waals surface area contributed by atoms with Crippen LogP contribution in [-0.4, -0.2) is 24.0 Å². The number of benzene rings is 2. The first-order valence-electron chi connectivity index (χ1n) is 8.64. The first-order valence-corrected chi connectivity index (χ1v) is 8.64. The minimum Gasteiger partial charge on any atom is -0.313 e. The summed E-state index contributed by atoms with van der Waals surface area (Å²) in [5.74, 6) is -0.421. The fourth-order valence-electron chi connectivity index (χ4n) is 3.27. The lowest BCUT2D eigenvalue weighted by Crippen LogP contribution is -2.43. The van der Waals surface area contributed by atoms with Gasteiger partial charge in [0.05, 0.1) is 0 Å². The molecule has 0 aromatic heterocycles. The van der Waals surface area contributed by atoms with Gasteiger partial charge in [-0.25, -0.2) is 8.78 Å². The SMILES string of the molecule is Fc1ccc(CN(Cc2ccc(F)cc2)C[C@@H]2CCCCN2)cc1. The molecule has 2 aromatic carbocycles. The van der Waals surface area contributed by atoms with Crippen molar-refractivity contribution in [2.45, 2.75) is 38.4 Å². The van der Waals surface area contributed by atoms with Crippen LogP contribution in [-0.2, 0) is 13.1 Å². The van der Waals surface area contributed by atoms with Gasteiger partial charge in [0, 0.05) is 25.7 Å². The van der Waals surface area contributed by atoms with Gasteiger partial charge < -0.3 is 5.32 Å². The Balaban J connectivity index is 1.69. The highest BCUT2D eigenvalue weighted by atomic mass is 19.1. The normalized spacial score (nSPS) is 18.0. The first kappa shape index (κ1) is 17.1. The lowest BCUT2D eigenvalue weighted by molar-refractivity contribution is 0.209. The maximum Gasteiger partial charge on any atom is 0.123 e. The standard InChI is InChI=1S/C20H24F2N2/c21-18-8-4-16(5-9-18)13-24(15-20-3-1-2-12-23-20)14-17-6-10-19(22)11-7-17/h4-11,20,23H,1-3,12-15H2/t20-/m0/s1. The molecule has 0 saturated carbocycles. The van der Waals surface area contributed by atoms with Crippen molar-refractivity contribution in [3.63, 3.8) is 0 Å². The van der Waals surface area contributed by atoms with Crippen LogP contribution in [0.2, 0.25) is 0 Å². The van der Waals surface area contributed by atoms with Gasteiger partial charge in [-0.15, -0.1) is 0 Å². The predicted molar refractivity (Wildman–Crippen MR) is 92.6 cm³/mol. The highest BCUT2D eigenvalue weighted by Gasteiger charge is 2.17. The highest BCUT2D eigenvalue weighted by molar-refractivity contribution is 5.18. The molecule has 0 amide bonds. The lowest BCUT2D eigenvalue weighted by Gasteiger charge is -2.31. The molecule has 1 fully saturated rings. The Morgan fingerprint density at radius 2 is 1.38 bits per heavy atom. The Bertz CT molecular complexity index is 572. The zero-order valence-corrected chi connectivity index (χ0v) is 13.8. The molecule has 0 spiro atoms. The van der Waals surface area contributed by atoms with Gasteiger partial charge in [0.15, 0.2) is 0 Å². The molecule has 4 heteroatoms. The summed E-state index contributed by atoms with van der Waals surface area (Å²) in [5, 5.41) is 3.58. The molecule has 3 rings (SSSR count). The summed E-state index contributed by atoms with van der Waals surface area (Å²) in [6.07, 6.45) is 3.69. The van der Waals surface area contributed by atoms with Crippen LogP contribution >= 0.6 is 0 Å². The monoisotopic (exact) mass is 330 g/mol. The van der Waals surface area contributed by atoms with Crippen LogP contribution in [0.25, 0.3) is 0 Å². The Morgan fingerprint density at radius 1 is 0.833 bits per heavy atom. The van der Waals surface area contributed by atoms with Crippen molar-refractivity contribution in [3.8, 4) is 0 Å². The summed E-state index contributed by atoms with van der Waals surface area (Å²) in [6, 6.07) is 13.8. The third-order valence-corrected chi connectivity index (χ3v) is 4.53. The van der Waals surface area contributed by atoms with Gasteiger partial charge in [-0.1, -0.05) is 30.7 Å². The van der Waals surface area contributed by atoms with Crippen LogP contribution in [0.1, 0.15) is 30.4 Å². The Morgan fingerprint density at radius 3 is 1.83 bits per heavy atom. The molecule has 2 nitrogen and oxygen atoms in total. The molecule has 0 radical (unpaired) electrons. The molecule has 1 heterocycles. The smallest absolute Gasteiger partial charge is 0.123 e. The van der Waals surface area contributed by atoms with Crippen LogP contribution in [0.3, 0.4) is 0 Å². The van der Waals surface area contributed by atoms with Gasteiger partial charge in [-0.2, -0.15) is 0 Å². The minimum atomic E-state index is -0.210. The van der Waals surface area contributed by atoms with Crippen molar-refractivity contribution < 1.29 is 8.78 Å². The van der Waals surface area contributed by atoms with Crippen molar-refractivity contribution in [2.75, 3.05) is 13.1 Å². The van der Waals surface area contributed by atoms with Crippen molar-refractivity contribution >= 4 is 0 Å². The molecule has 1 atom stereocenters. The predicted octanol–water partition coefficient (Wildman–Crippen LogP) is 4.11. The number of rotatable bonds is 6. The number of piperidine rings is 1. The van der Waals surface area contributed by atoms with Gasteiger partial charge in [-0.05, 0) is 54.8 Å². The highest BCUT2D eigenvalue weighted by Crippen LogP contribution is 2.15. The lowest BCUT2D eigenvalue weighted by atomic mass is 10.0. The van der Waals surface area contributed by atoms with E-state index in [1.807, 2.05) is 24.3 Å². The van der Waals surface area contributed by atoms with E-state index in [4.69, 9.17) is 0 Å². The number of nitrogens with zero attached hydrogens (tertiary/aromatic N) is 1. The van der Waals surface area contributed by atoms with Crippen LogP contribution in [0.15, 0.2) is 48.5 Å². The van der Waals surface area contributed by atoms with Crippen LogP contribution in [0, 0.1) is 11.6 Å². The van der Waals surface area contributed by atoms with Gasteiger partial charge >= 0.3 is 0 Å². The number of halogens is 2. The zero-order valence-electron chi connectivity index (χ0n) is 13.8. The summed E-state index contributed by atoms with van der Waals surface area (Å²) in [7, 11) is 0. The fourth-order valence-corrected chi connectivity index (χ4v) is 3.27. The maximum absolute atomic E-state index is 13.1. The van der Waals surface area contributed by atoms with Gasteiger partial charge in [0.1, 0.15) is 11.6 Å². The molecule has 0 bridgehead atoms. The van der Waals surface area contributed by atoms with Crippen molar-refractivity contribution in [1.29, 1.82) is 0 Å². The molecule has 0 aliphatic carbocycles. The van der Waals surface area contributed by atoms with E-state index in [2.05, 4.69) is 10.2 Å². The van der Waals surface area contributed by atoms with Crippen LogP contribution in [0.4, 0.5) is 8.78 Å². The molecule has 128 valence electrons. The van der Waals surface area contributed by atoms with E-state index in [1.165, 1.54) is 43.5 Å². The molecule has 1 aliphatic rings. The second kappa shape index (κ2) is 8.36. The quantitative estimate of drug-likeness (QED) is 0.857. The van der Waals surface area contributed by atoms with Crippen molar-refractivity contribution in [3.05, 3.63) is 71.3 Å². The molecule has 1 aliphatic heterocycles. The van der Waals surface area contributed by atoms with Crippen LogP contribution < -0.4 is 5.32 Å². The summed E-state index contributed by atoms with van der Waals surface area (Å²) < 4.78 is 26.2. The molecule has 2 aromatic rings. The third kappa shape index (κ3) is 5.11. The van der Waals surface area contributed by atoms with Crippen LogP contribution in [0.5, 0.6) is 0 Å². The Hall–Kier alpha value is -1.78. The van der Waals surface area contributed by atoms with Gasteiger partial charge in [-0.3, -0.25) is 4.90 Å². The minimum absolute atomic E-state index is 0.210. The van der Waals surface area contributed by atoms with E-state index in [0.29, 0.717) is 6.04 Å². The zero-order chi connectivity index (χ0) is 16.8. The Kier molecular flexibility index (Phi) is 5.94. The second-order valence-electron chi connectivity index (χ2n) is 6.57. The molecule has 0 unspecified atom stereocenters. The summed E-state index contributed by atoms with van der Waals surface area (Å²) >= 11 is 0. The molecule has 1 N–H and O–H groups in total. The Labute approximate surface area is 142 Å². The van der Waals surface area contributed by atoms with E-state index in [-0.39, 0.29) is 11.6 Å². The number of nitrogens with one attached hydrogen (secondary N) is 1. The van der Waals surface area contributed by atoms with Crippen molar-refractivity contribution in [2.24, 2.45) is 0 Å². The largest absolute Gasteiger partial charge is 0.313 e. The second-order valence-corrected chi connectivity index (χ2v) is 6.57. The van der Waals surface area contributed by atoms with Gasteiger partial charge in [0.25, 0.3) is 0 Å². The summed E-state index contributed by atoms with van der Waals surface area (Å²) in [4.78, 5) is 2.35. The molecule has 1 saturated heterocycles. The topological polar surface area (TPSA) is 15.3 Å². The average molecular weight is 330 g/mol. The van der Waals surface area contributed by atoms with E-state index in [1.54, 1.807) is 0 Å². The molecular weight excluding hydrogens is 306 g/mol. The maximum atomic E-state index is 13.1. The van der Waals surface area contributed by atoms with E-state index < -0.39 is 0 Å². The van der Waals surface area contributed by atoms with Gasteiger partial charge in [0.2, 0.25) is 0 Å².